The van der Waals surface area contributed by atoms with E-state index in [1.807, 2.05) is 36.4 Å². The lowest BCUT2D eigenvalue weighted by atomic mass is 9.86. The Kier molecular flexibility index (Phi) is 6.54. The van der Waals surface area contributed by atoms with Gasteiger partial charge in [-0.25, -0.2) is 0 Å². The van der Waals surface area contributed by atoms with Crippen molar-refractivity contribution in [3.63, 3.8) is 0 Å². The highest BCUT2D eigenvalue weighted by Gasteiger charge is 2.29. The van der Waals surface area contributed by atoms with Crippen LogP contribution in [-0.4, -0.2) is 42.9 Å². The van der Waals surface area contributed by atoms with E-state index in [1.165, 1.54) is 0 Å². The second-order valence-corrected chi connectivity index (χ2v) is 9.11. The van der Waals surface area contributed by atoms with E-state index in [9.17, 15) is 9.50 Å². The van der Waals surface area contributed by atoms with Crippen LogP contribution in [-0.2, 0) is 0 Å². The van der Waals surface area contributed by atoms with Crippen molar-refractivity contribution in [2.45, 2.75) is 19.4 Å². The maximum atomic E-state index is 12.8. The minimum atomic E-state index is -0.268. The molecule has 176 valence electrons. The summed E-state index contributed by atoms with van der Waals surface area (Å²) in [4.78, 5) is 2.27. The van der Waals surface area contributed by atoms with Gasteiger partial charge >= 0.3 is 0 Å². The fourth-order valence-corrected chi connectivity index (χ4v) is 4.94. The van der Waals surface area contributed by atoms with Gasteiger partial charge in [0.05, 0.1) is 6.67 Å². The van der Waals surface area contributed by atoms with E-state index in [1.54, 1.807) is 12.1 Å². The number of benzene rings is 3. The summed E-state index contributed by atoms with van der Waals surface area (Å²) in [7, 11) is 0. The lowest BCUT2D eigenvalue weighted by molar-refractivity contribution is 0.228. The summed E-state index contributed by atoms with van der Waals surface area (Å²) in [6.07, 6.45) is 0.669. The van der Waals surface area contributed by atoms with E-state index in [-0.39, 0.29) is 24.4 Å². The van der Waals surface area contributed by atoms with Crippen LogP contribution in [0.5, 0.6) is 17.2 Å². The molecule has 1 fully saturated rings. The first-order chi connectivity index (χ1) is 16.6. The summed E-state index contributed by atoms with van der Waals surface area (Å²) in [5, 5.41) is 10.0. The molecule has 4 nitrogen and oxygen atoms in total. The number of alkyl halides is 1. The molecule has 2 aliphatic rings. The molecule has 0 saturated carbocycles. The molecule has 0 spiro atoms. The van der Waals surface area contributed by atoms with Crippen LogP contribution in [0.15, 0.2) is 72.8 Å². The lowest BCUT2D eigenvalue weighted by Crippen LogP contribution is -2.26. The molecule has 34 heavy (non-hydrogen) atoms. The summed E-state index contributed by atoms with van der Waals surface area (Å²) in [6, 6.07) is 23.5. The fraction of sp³-hybridized carbons (Fsp3) is 0.310. The zero-order valence-corrected chi connectivity index (χ0v) is 19.4. The lowest BCUT2D eigenvalue weighted by Gasteiger charge is -2.31. The summed E-state index contributed by atoms with van der Waals surface area (Å²) in [5.74, 6) is 1.98. The molecule has 0 radical (unpaired) electrons. The van der Waals surface area contributed by atoms with Gasteiger partial charge in [0.2, 0.25) is 0 Å². The molecule has 2 unspecified atom stereocenters. The van der Waals surface area contributed by atoms with Crippen molar-refractivity contribution in [3.8, 4) is 17.2 Å². The zero-order valence-electron chi connectivity index (χ0n) is 19.4. The molecule has 0 aliphatic carbocycles. The van der Waals surface area contributed by atoms with Crippen molar-refractivity contribution in [3.05, 3.63) is 89.5 Å². The molecule has 0 amide bonds. The third kappa shape index (κ3) is 4.66. The Hall–Kier alpha value is -3.31. The van der Waals surface area contributed by atoms with E-state index in [0.717, 1.165) is 65.4 Å². The SMILES string of the molecule is CC1=C(c2ccccc2)C(c2ccc(OCCN3CCC(CF)C3)cc2)Oc2ccc(O)cc21. The zero-order chi connectivity index (χ0) is 23.5. The Bertz CT molecular complexity index is 1160. The van der Waals surface area contributed by atoms with Crippen LogP contribution < -0.4 is 9.47 Å². The normalized spacial score (nSPS) is 20.2. The van der Waals surface area contributed by atoms with Gasteiger partial charge in [-0.15, -0.1) is 0 Å². The molecule has 2 aliphatic heterocycles. The number of likely N-dealkylation sites (tertiary alicyclic amines) is 1. The van der Waals surface area contributed by atoms with E-state index in [0.29, 0.717) is 6.61 Å². The first kappa shape index (κ1) is 22.5. The van der Waals surface area contributed by atoms with Gasteiger partial charge in [0.15, 0.2) is 0 Å². The molecule has 1 N–H and O–H groups in total. The fourth-order valence-electron chi connectivity index (χ4n) is 4.94. The number of ether oxygens (including phenoxy) is 2. The second kappa shape index (κ2) is 9.90. The molecular formula is C29H30FNO3. The van der Waals surface area contributed by atoms with Crippen molar-refractivity contribution in [2.24, 2.45) is 5.92 Å². The van der Waals surface area contributed by atoms with Crippen molar-refractivity contribution in [2.75, 3.05) is 32.9 Å². The monoisotopic (exact) mass is 459 g/mol. The molecule has 5 heteroatoms. The second-order valence-electron chi connectivity index (χ2n) is 9.11. The van der Waals surface area contributed by atoms with E-state index in [4.69, 9.17) is 9.47 Å². The van der Waals surface area contributed by atoms with Crippen LogP contribution >= 0.6 is 0 Å². The molecule has 1 saturated heterocycles. The Morgan fingerprint density at radius 3 is 2.59 bits per heavy atom. The number of phenols is 1. The van der Waals surface area contributed by atoms with Gasteiger partial charge in [0, 0.05) is 30.1 Å². The molecule has 2 atom stereocenters. The van der Waals surface area contributed by atoms with Crippen LogP contribution in [0.1, 0.15) is 36.1 Å². The smallest absolute Gasteiger partial charge is 0.150 e. The number of allylic oxidation sites excluding steroid dienone is 1. The largest absolute Gasteiger partial charge is 0.508 e. The van der Waals surface area contributed by atoms with Crippen molar-refractivity contribution in [1.29, 1.82) is 0 Å². The van der Waals surface area contributed by atoms with Gasteiger partial charge in [0.1, 0.15) is 30.0 Å². The standard InChI is InChI=1S/C29H30FNO3/c1-20-26-17-24(32)9-12-27(26)34-29(28(20)22-5-3-2-4-6-22)23-7-10-25(11-8-23)33-16-15-31-14-13-21(18-30)19-31/h2-12,17,21,29,32H,13-16,18-19H2,1H3. The third-order valence-corrected chi connectivity index (χ3v) is 6.81. The highest BCUT2D eigenvalue weighted by atomic mass is 19.1. The third-order valence-electron chi connectivity index (χ3n) is 6.81. The summed E-state index contributed by atoms with van der Waals surface area (Å²) in [5.41, 5.74) is 5.22. The number of rotatable bonds is 7. The Morgan fingerprint density at radius 1 is 1.06 bits per heavy atom. The Morgan fingerprint density at radius 2 is 1.85 bits per heavy atom. The minimum absolute atomic E-state index is 0.180. The number of aromatic hydroxyl groups is 1. The number of hydrogen-bond acceptors (Lipinski definition) is 4. The molecule has 0 bridgehead atoms. The maximum absolute atomic E-state index is 12.8. The van der Waals surface area contributed by atoms with E-state index < -0.39 is 0 Å². The number of phenolic OH excluding ortho intramolecular Hbond substituents is 1. The van der Waals surface area contributed by atoms with Gasteiger partial charge in [-0.3, -0.25) is 9.29 Å². The first-order valence-corrected chi connectivity index (χ1v) is 11.9. The molecular weight excluding hydrogens is 429 g/mol. The van der Waals surface area contributed by atoms with Crippen LogP contribution in [0.4, 0.5) is 4.39 Å². The van der Waals surface area contributed by atoms with Crippen molar-refractivity contribution < 1.29 is 19.0 Å². The highest BCUT2D eigenvalue weighted by Crippen LogP contribution is 2.47. The van der Waals surface area contributed by atoms with Crippen LogP contribution in [0.25, 0.3) is 11.1 Å². The topological polar surface area (TPSA) is 41.9 Å². The summed E-state index contributed by atoms with van der Waals surface area (Å²) >= 11 is 0. The van der Waals surface area contributed by atoms with Gasteiger partial charge in [-0.2, -0.15) is 0 Å². The van der Waals surface area contributed by atoms with Crippen LogP contribution in [0.2, 0.25) is 0 Å². The van der Waals surface area contributed by atoms with E-state index in [2.05, 4.69) is 36.1 Å². The number of hydrogen-bond donors (Lipinski definition) is 1. The average molecular weight is 460 g/mol. The maximum Gasteiger partial charge on any atom is 0.150 e. The molecule has 3 aromatic rings. The molecule has 0 aromatic heterocycles. The van der Waals surface area contributed by atoms with Crippen molar-refractivity contribution >= 4 is 11.1 Å². The van der Waals surface area contributed by atoms with Gasteiger partial charge in [-0.1, -0.05) is 42.5 Å². The molecule has 3 aromatic carbocycles. The number of halogens is 1. The average Bonchev–Trinajstić information content (AvgIpc) is 3.33. The Balaban J connectivity index is 1.35. The van der Waals surface area contributed by atoms with Crippen molar-refractivity contribution in [1.82, 2.24) is 4.90 Å². The van der Waals surface area contributed by atoms with Crippen LogP contribution in [0.3, 0.4) is 0 Å². The number of fused-ring (bicyclic) bond motifs is 1. The first-order valence-electron chi connectivity index (χ1n) is 11.9. The van der Waals surface area contributed by atoms with E-state index >= 15 is 0 Å². The highest BCUT2D eigenvalue weighted by molar-refractivity contribution is 5.95. The quantitative estimate of drug-likeness (QED) is 0.462. The summed E-state index contributed by atoms with van der Waals surface area (Å²) < 4.78 is 25.3. The molecule has 5 rings (SSSR count). The van der Waals surface area contributed by atoms with Gasteiger partial charge in [0.25, 0.3) is 0 Å². The van der Waals surface area contributed by atoms with Gasteiger partial charge < -0.3 is 14.6 Å². The predicted octanol–water partition coefficient (Wildman–Crippen LogP) is 6.13. The predicted molar refractivity (Wildman–Crippen MR) is 133 cm³/mol. The molecule has 2 heterocycles. The minimum Gasteiger partial charge on any atom is -0.508 e. The van der Waals surface area contributed by atoms with Gasteiger partial charge in [-0.05, 0) is 66.9 Å². The Labute approximate surface area is 200 Å². The number of nitrogens with zero attached hydrogens (tertiary/aromatic N) is 1. The summed E-state index contributed by atoms with van der Waals surface area (Å²) in [6.45, 7) is 5.03. The van der Waals surface area contributed by atoms with Crippen LogP contribution in [0, 0.1) is 5.92 Å².